The molecule has 23 heavy (non-hydrogen) atoms. The number of oxime groups is 1. The summed E-state index contributed by atoms with van der Waals surface area (Å²) in [6.45, 7) is 2.15. The lowest BCUT2D eigenvalue weighted by Gasteiger charge is -2.03. The fourth-order valence-electron chi connectivity index (χ4n) is 1.89. The minimum absolute atomic E-state index is 0. The summed E-state index contributed by atoms with van der Waals surface area (Å²) in [5, 5.41) is 3.63. The van der Waals surface area contributed by atoms with Crippen molar-refractivity contribution in [2.45, 2.75) is 26.2 Å². The van der Waals surface area contributed by atoms with E-state index in [0.29, 0.717) is 11.3 Å². The maximum absolute atomic E-state index is 11.9. The molecule has 0 spiro atoms. The molecule has 0 amide bonds. The first kappa shape index (κ1) is 18.6. The Morgan fingerprint density at radius 2 is 1.96 bits per heavy atom. The van der Waals surface area contributed by atoms with Crippen LogP contribution < -0.4 is 5.73 Å². The van der Waals surface area contributed by atoms with Crippen LogP contribution in [0.3, 0.4) is 0 Å². The molecule has 0 aliphatic carbocycles. The standard InChI is InChI=1S/C17H19N3O2.ClH/c1-2-3-6-13-8-10-14(11-9-13)17(21)22-20-16(18)15-7-4-5-12-19-15;/h4-5,7-12H,2-3,6H2,1H3,(H2,18,20);1H. The van der Waals surface area contributed by atoms with Crippen LogP contribution in [0, 0.1) is 0 Å². The summed E-state index contributed by atoms with van der Waals surface area (Å²) < 4.78 is 0. The molecule has 1 heterocycles. The quantitative estimate of drug-likeness (QED) is 0.381. The van der Waals surface area contributed by atoms with Gasteiger partial charge in [0, 0.05) is 6.20 Å². The first-order chi connectivity index (χ1) is 10.7. The smallest absolute Gasteiger partial charge is 0.365 e. The number of unbranched alkanes of at least 4 members (excludes halogenated alkanes) is 1. The van der Waals surface area contributed by atoms with Crippen LogP contribution in [0.15, 0.2) is 53.8 Å². The third-order valence-electron chi connectivity index (χ3n) is 3.16. The van der Waals surface area contributed by atoms with Crippen LogP contribution in [0.1, 0.15) is 41.4 Å². The molecule has 0 aliphatic heterocycles. The summed E-state index contributed by atoms with van der Waals surface area (Å²) in [5.41, 5.74) is 7.82. The predicted octanol–water partition coefficient (Wildman–Crippen LogP) is 3.32. The molecule has 1 aromatic carbocycles. The second-order valence-corrected chi connectivity index (χ2v) is 4.87. The molecular weight excluding hydrogens is 314 g/mol. The van der Waals surface area contributed by atoms with E-state index in [1.54, 1.807) is 36.5 Å². The largest absolute Gasteiger partial charge is 0.379 e. The number of halogens is 1. The zero-order chi connectivity index (χ0) is 15.8. The fourth-order valence-corrected chi connectivity index (χ4v) is 1.89. The van der Waals surface area contributed by atoms with Gasteiger partial charge in [-0.2, -0.15) is 0 Å². The molecule has 0 atom stereocenters. The zero-order valence-electron chi connectivity index (χ0n) is 12.9. The lowest BCUT2D eigenvalue weighted by molar-refractivity contribution is 0.0516. The Morgan fingerprint density at radius 1 is 1.22 bits per heavy atom. The highest BCUT2D eigenvalue weighted by Gasteiger charge is 2.08. The first-order valence-electron chi connectivity index (χ1n) is 7.26. The number of benzene rings is 1. The van der Waals surface area contributed by atoms with Gasteiger partial charge in [-0.25, -0.2) is 4.79 Å². The average Bonchev–Trinajstić information content (AvgIpc) is 2.58. The van der Waals surface area contributed by atoms with Crippen molar-refractivity contribution in [2.75, 3.05) is 0 Å². The Labute approximate surface area is 142 Å². The Hall–Kier alpha value is -2.40. The van der Waals surface area contributed by atoms with Crippen LogP contribution in [-0.2, 0) is 11.3 Å². The number of carbonyl (C=O) groups excluding carboxylic acids is 1. The summed E-state index contributed by atoms with van der Waals surface area (Å²) in [7, 11) is 0. The van der Waals surface area contributed by atoms with Crippen molar-refractivity contribution in [1.29, 1.82) is 0 Å². The maximum atomic E-state index is 11.9. The Bertz CT molecular complexity index is 643. The minimum Gasteiger partial charge on any atom is -0.379 e. The Kier molecular flexibility index (Phi) is 7.77. The molecule has 0 saturated heterocycles. The van der Waals surface area contributed by atoms with Gasteiger partial charge in [-0.3, -0.25) is 4.98 Å². The highest BCUT2D eigenvalue weighted by atomic mass is 35.5. The van der Waals surface area contributed by atoms with Crippen LogP contribution in [-0.4, -0.2) is 16.8 Å². The summed E-state index contributed by atoms with van der Waals surface area (Å²) in [5.74, 6) is -0.477. The van der Waals surface area contributed by atoms with Crippen LogP contribution in [0.5, 0.6) is 0 Å². The van der Waals surface area contributed by atoms with Gasteiger partial charge in [-0.15, -0.1) is 12.4 Å². The van der Waals surface area contributed by atoms with E-state index in [1.807, 2.05) is 12.1 Å². The van der Waals surface area contributed by atoms with Gasteiger partial charge in [0.2, 0.25) is 0 Å². The van der Waals surface area contributed by atoms with E-state index in [9.17, 15) is 4.79 Å². The van der Waals surface area contributed by atoms with E-state index in [1.165, 1.54) is 5.56 Å². The average molecular weight is 334 g/mol. The van der Waals surface area contributed by atoms with Crippen LogP contribution in [0.25, 0.3) is 0 Å². The summed E-state index contributed by atoms with van der Waals surface area (Å²) >= 11 is 0. The summed E-state index contributed by atoms with van der Waals surface area (Å²) in [4.78, 5) is 20.8. The van der Waals surface area contributed by atoms with E-state index in [0.717, 1.165) is 19.3 Å². The Morgan fingerprint density at radius 3 is 2.57 bits per heavy atom. The van der Waals surface area contributed by atoms with Crippen LogP contribution in [0.4, 0.5) is 0 Å². The lowest BCUT2D eigenvalue weighted by Crippen LogP contribution is -2.16. The number of aryl methyl sites for hydroxylation is 1. The Balaban J connectivity index is 0.00000264. The first-order valence-corrected chi connectivity index (χ1v) is 7.26. The molecule has 0 bridgehead atoms. The molecule has 0 saturated carbocycles. The van der Waals surface area contributed by atoms with Crippen molar-refractivity contribution in [3.63, 3.8) is 0 Å². The van der Waals surface area contributed by atoms with Crippen molar-refractivity contribution in [2.24, 2.45) is 10.9 Å². The van der Waals surface area contributed by atoms with Gasteiger partial charge in [-0.05, 0) is 42.7 Å². The van der Waals surface area contributed by atoms with Gasteiger partial charge in [-0.1, -0.05) is 36.7 Å². The molecule has 0 radical (unpaired) electrons. The topological polar surface area (TPSA) is 77.6 Å². The molecular formula is C17H20ClN3O2. The maximum Gasteiger partial charge on any atom is 0.365 e. The molecule has 122 valence electrons. The fraction of sp³-hybridized carbons (Fsp3) is 0.235. The van der Waals surface area contributed by atoms with Crippen molar-refractivity contribution < 1.29 is 9.63 Å². The van der Waals surface area contributed by atoms with Crippen molar-refractivity contribution >= 4 is 24.2 Å². The lowest BCUT2D eigenvalue weighted by atomic mass is 10.1. The number of hydrogen-bond acceptors (Lipinski definition) is 4. The minimum atomic E-state index is -0.541. The number of hydrogen-bond donors (Lipinski definition) is 1. The van der Waals surface area contributed by atoms with E-state index < -0.39 is 5.97 Å². The number of amidine groups is 1. The molecule has 0 fully saturated rings. The monoisotopic (exact) mass is 333 g/mol. The van der Waals surface area contributed by atoms with Gasteiger partial charge < -0.3 is 10.6 Å². The van der Waals surface area contributed by atoms with E-state index in [-0.39, 0.29) is 18.2 Å². The highest BCUT2D eigenvalue weighted by molar-refractivity contribution is 5.96. The number of pyridine rings is 1. The molecule has 2 rings (SSSR count). The van der Waals surface area contributed by atoms with Crippen molar-refractivity contribution in [1.82, 2.24) is 4.98 Å². The molecule has 2 aromatic rings. The molecule has 6 heteroatoms. The van der Waals surface area contributed by atoms with Gasteiger partial charge >= 0.3 is 5.97 Å². The number of carbonyl (C=O) groups is 1. The molecule has 2 N–H and O–H groups in total. The third kappa shape index (κ3) is 5.71. The van der Waals surface area contributed by atoms with Crippen molar-refractivity contribution in [3.05, 3.63) is 65.5 Å². The molecule has 1 aromatic heterocycles. The van der Waals surface area contributed by atoms with Gasteiger partial charge in [0.25, 0.3) is 0 Å². The van der Waals surface area contributed by atoms with Gasteiger partial charge in [0.05, 0.1) is 5.56 Å². The summed E-state index contributed by atoms with van der Waals surface area (Å²) in [6, 6.07) is 12.6. The van der Waals surface area contributed by atoms with E-state index in [2.05, 4.69) is 17.1 Å². The normalized spacial score (nSPS) is 10.7. The molecule has 0 aliphatic rings. The second kappa shape index (κ2) is 9.58. The van der Waals surface area contributed by atoms with Crippen molar-refractivity contribution in [3.8, 4) is 0 Å². The zero-order valence-corrected chi connectivity index (χ0v) is 13.8. The van der Waals surface area contributed by atoms with Gasteiger partial charge in [0.15, 0.2) is 5.84 Å². The SMILES string of the molecule is CCCCc1ccc(C(=O)O/N=C(\N)c2ccccn2)cc1.Cl. The summed E-state index contributed by atoms with van der Waals surface area (Å²) in [6.07, 6.45) is 4.88. The van der Waals surface area contributed by atoms with Crippen LogP contribution >= 0.6 is 12.4 Å². The third-order valence-corrected chi connectivity index (χ3v) is 3.16. The highest BCUT2D eigenvalue weighted by Crippen LogP contribution is 2.09. The second-order valence-electron chi connectivity index (χ2n) is 4.87. The molecule has 5 nitrogen and oxygen atoms in total. The van der Waals surface area contributed by atoms with Crippen LogP contribution in [0.2, 0.25) is 0 Å². The number of aromatic nitrogens is 1. The molecule has 0 unspecified atom stereocenters. The predicted molar refractivity (Wildman–Crippen MR) is 92.7 cm³/mol. The number of rotatable bonds is 6. The van der Waals surface area contributed by atoms with E-state index in [4.69, 9.17) is 10.6 Å². The number of nitrogens with two attached hydrogens (primary N) is 1. The van der Waals surface area contributed by atoms with Gasteiger partial charge in [0.1, 0.15) is 5.69 Å². The number of nitrogens with zero attached hydrogens (tertiary/aromatic N) is 2. The van der Waals surface area contributed by atoms with E-state index >= 15 is 0 Å².